The van der Waals surface area contributed by atoms with Crippen LogP contribution in [0.4, 0.5) is 0 Å². The van der Waals surface area contributed by atoms with E-state index in [1.54, 1.807) is 0 Å². The van der Waals surface area contributed by atoms with Crippen LogP contribution in [0.1, 0.15) is 32.1 Å². The maximum atomic E-state index is 9.82. The molecule has 0 radical (unpaired) electrons. The van der Waals surface area contributed by atoms with Crippen LogP contribution in [0.5, 0.6) is 0 Å². The van der Waals surface area contributed by atoms with Gasteiger partial charge in [-0.25, -0.2) is 0 Å². The zero-order valence-corrected chi connectivity index (χ0v) is 6.71. The first kappa shape index (κ1) is 8.36. The third-order valence-electron chi connectivity index (χ3n) is 2.11. The van der Waals surface area contributed by atoms with E-state index >= 15 is 0 Å². The molecule has 0 saturated heterocycles. The lowest BCUT2D eigenvalue weighted by molar-refractivity contribution is 0.0673. The summed E-state index contributed by atoms with van der Waals surface area (Å²) < 4.78 is 0. The van der Waals surface area contributed by atoms with Crippen LogP contribution in [-0.2, 0) is 0 Å². The molecule has 0 saturated carbocycles. The average Bonchev–Trinajstić information content (AvgIpc) is 2.03. The minimum Gasteiger partial charge on any atom is -0.386 e. The first-order valence-electron chi connectivity index (χ1n) is 4.10. The zero-order chi connectivity index (χ0) is 8.16. The van der Waals surface area contributed by atoms with Crippen LogP contribution < -0.4 is 0 Å². The Kier molecular flexibility index (Phi) is 2.73. The molecule has 60 valence electrons. The third kappa shape index (κ3) is 2.40. The standard InChI is InChI=1S/C10H14O/c1-2-3-7-10(11)8-5-4-6-9-10/h1,5,8,11H,3-4,6-7,9H2. The summed E-state index contributed by atoms with van der Waals surface area (Å²) >= 11 is 0. The Morgan fingerprint density at radius 3 is 3.00 bits per heavy atom. The van der Waals surface area contributed by atoms with Gasteiger partial charge < -0.3 is 5.11 Å². The minimum atomic E-state index is -0.593. The van der Waals surface area contributed by atoms with Crippen molar-refractivity contribution in [2.45, 2.75) is 37.7 Å². The number of allylic oxidation sites excluding steroid dienone is 1. The number of hydrogen-bond donors (Lipinski definition) is 1. The van der Waals surface area contributed by atoms with Crippen LogP contribution in [0.15, 0.2) is 12.2 Å². The number of rotatable bonds is 2. The summed E-state index contributed by atoms with van der Waals surface area (Å²) in [4.78, 5) is 0. The summed E-state index contributed by atoms with van der Waals surface area (Å²) in [5.41, 5.74) is -0.593. The average molecular weight is 150 g/mol. The molecule has 0 aromatic rings. The summed E-state index contributed by atoms with van der Waals surface area (Å²) in [6, 6.07) is 0. The smallest absolute Gasteiger partial charge is 0.0836 e. The second-order valence-electron chi connectivity index (χ2n) is 3.10. The number of aliphatic hydroxyl groups is 1. The van der Waals surface area contributed by atoms with Crippen LogP contribution in [0.25, 0.3) is 0 Å². The fraction of sp³-hybridized carbons (Fsp3) is 0.600. The lowest BCUT2D eigenvalue weighted by atomic mass is 9.87. The van der Waals surface area contributed by atoms with Gasteiger partial charge in [0.05, 0.1) is 5.60 Å². The lowest BCUT2D eigenvalue weighted by Crippen LogP contribution is -2.27. The minimum absolute atomic E-state index is 0.593. The highest BCUT2D eigenvalue weighted by atomic mass is 16.3. The van der Waals surface area contributed by atoms with Crippen LogP contribution >= 0.6 is 0 Å². The monoisotopic (exact) mass is 150 g/mol. The molecule has 0 aromatic heterocycles. The first-order valence-corrected chi connectivity index (χ1v) is 4.10. The zero-order valence-electron chi connectivity index (χ0n) is 6.71. The molecule has 1 aliphatic rings. The van der Waals surface area contributed by atoms with E-state index in [1.165, 1.54) is 0 Å². The maximum absolute atomic E-state index is 9.82. The van der Waals surface area contributed by atoms with Gasteiger partial charge in [0.25, 0.3) is 0 Å². The molecule has 1 heteroatoms. The molecule has 1 nitrogen and oxygen atoms in total. The Morgan fingerprint density at radius 2 is 2.45 bits per heavy atom. The summed E-state index contributed by atoms with van der Waals surface area (Å²) in [7, 11) is 0. The highest BCUT2D eigenvalue weighted by molar-refractivity contribution is 5.06. The Morgan fingerprint density at radius 1 is 1.64 bits per heavy atom. The molecule has 0 aromatic carbocycles. The molecular weight excluding hydrogens is 136 g/mol. The normalized spacial score (nSPS) is 29.8. The van der Waals surface area contributed by atoms with Crippen LogP contribution in [0.2, 0.25) is 0 Å². The van der Waals surface area contributed by atoms with Crippen molar-refractivity contribution in [2.24, 2.45) is 0 Å². The van der Waals surface area contributed by atoms with Gasteiger partial charge in [0, 0.05) is 6.42 Å². The third-order valence-corrected chi connectivity index (χ3v) is 2.11. The Labute approximate surface area is 68.1 Å². The Balaban J connectivity index is 2.45. The van der Waals surface area contributed by atoms with Crippen molar-refractivity contribution < 1.29 is 5.11 Å². The van der Waals surface area contributed by atoms with Crippen LogP contribution in [0, 0.1) is 12.3 Å². The quantitative estimate of drug-likeness (QED) is 0.470. The second-order valence-corrected chi connectivity index (χ2v) is 3.10. The number of terminal acetylenes is 1. The van der Waals surface area contributed by atoms with Gasteiger partial charge in [-0.05, 0) is 25.7 Å². The van der Waals surface area contributed by atoms with E-state index in [9.17, 15) is 5.11 Å². The topological polar surface area (TPSA) is 20.2 Å². The first-order chi connectivity index (χ1) is 5.27. The molecule has 11 heavy (non-hydrogen) atoms. The highest BCUT2D eigenvalue weighted by Crippen LogP contribution is 2.25. The molecule has 1 unspecified atom stereocenters. The van der Waals surface area contributed by atoms with Crippen molar-refractivity contribution in [3.8, 4) is 12.3 Å². The van der Waals surface area contributed by atoms with Gasteiger partial charge >= 0.3 is 0 Å². The summed E-state index contributed by atoms with van der Waals surface area (Å²) in [6.45, 7) is 0. The van der Waals surface area contributed by atoms with Crippen molar-refractivity contribution >= 4 is 0 Å². The van der Waals surface area contributed by atoms with E-state index in [-0.39, 0.29) is 0 Å². The van der Waals surface area contributed by atoms with Crippen LogP contribution in [0.3, 0.4) is 0 Å². The molecule has 1 aliphatic carbocycles. The largest absolute Gasteiger partial charge is 0.386 e. The molecule has 0 heterocycles. The molecule has 0 amide bonds. The van der Waals surface area contributed by atoms with E-state index in [2.05, 4.69) is 5.92 Å². The molecule has 0 aliphatic heterocycles. The molecule has 0 spiro atoms. The molecular formula is C10H14O. The fourth-order valence-electron chi connectivity index (χ4n) is 1.41. The van der Waals surface area contributed by atoms with Crippen molar-refractivity contribution in [1.29, 1.82) is 0 Å². The van der Waals surface area contributed by atoms with Gasteiger partial charge in [0.1, 0.15) is 0 Å². The second kappa shape index (κ2) is 3.59. The van der Waals surface area contributed by atoms with Crippen molar-refractivity contribution in [1.82, 2.24) is 0 Å². The summed E-state index contributed by atoms with van der Waals surface area (Å²) in [5.74, 6) is 2.55. The molecule has 0 bridgehead atoms. The fourth-order valence-corrected chi connectivity index (χ4v) is 1.41. The maximum Gasteiger partial charge on any atom is 0.0836 e. The molecule has 1 atom stereocenters. The van der Waals surface area contributed by atoms with E-state index < -0.39 is 5.60 Å². The highest BCUT2D eigenvalue weighted by Gasteiger charge is 2.23. The van der Waals surface area contributed by atoms with Gasteiger partial charge in [-0.15, -0.1) is 12.3 Å². The SMILES string of the molecule is C#CCCC1(O)C=CCCC1. The van der Waals surface area contributed by atoms with Gasteiger partial charge in [0.15, 0.2) is 0 Å². The van der Waals surface area contributed by atoms with E-state index in [1.807, 2.05) is 12.2 Å². The lowest BCUT2D eigenvalue weighted by Gasteiger charge is -2.26. The predicted octanol–water partition coefficient (Wildman–Crippen LogP) is 1.87. The van der Waals surface area contributed by atoms with Crippen molar-refractivity contribution in [3.05, 3.63) is 12.2 Å². The van der Waals surface area contributed by atoms with E-state index in [0.717, 1.165) is 19.3 Å². The van der Waals surface area contributed by atoms with Crippen LogP contribution in [-0.4, -0.2) is 10.7 Å². The Hall–Kier alpha value is -0.740. The molecule has 1 rings (SSSR count). The van der Waals surface area contributed by atoms with E-state index in [4.69, 9.17) is 6.42 Å². The van der Waals surface area contributed by atoms with Crippen molar-refractivity contribution in [3.63, 3.8) is 0 Å². The van der Waals surface area contributed by atoms with Gasteiger partial charge in [-0.3, -0.25) is 0 Å². The van der Waals surface area contributed by atoms with E-state index in [0.29, 0.717) is 12.8 Å². The predicted molar refractivity (Wildman–Crippen MR) is 46.0 cm³/mol. The number of hydrogen-bond acceptors (Lipinski definition) is 1. The Bertz CT molecular complexity index is 188. The molecule has 1 N–H and O–H groups in total. The van der Waals surface area contributed by atoms with Gasteiger partial charge in [0.2, 0.25) is 0 Å². The van der Waals surface area contributed by atoms with Gasteiger partial charge in [-0.2, -0.15) is 0 Å². The van der Waals surface area contributed by atoms with Gasteiger partial charge in [-0.1, -0.05) is 12.2 Å². The van der Waals surface area contributed by atoms with Crippen molar-refractivity contribution in [2.75, 3.05) is 0 Å². The summed E-state index contributed by atoms with van der Waals surface area (Å²) in [5, 5.41) is 9.82. The summed E-state index contributed by atoms with van der Waals surface area (Å²) in [6.07, 6.45) is 13.5. The molecule has 0 fully saturated rings.